The van der Waals surface area contributed by atoms with Crippen LogP contribution in [-0.2, 0) is 6.54 Å². The zero-order valence-corrected chi connectivity index (χ0v) is 13.1. The summed E-state index contributed by atoms with van der Waals surface area (Å²) in [6.07, 6.45) is 1.33. The van der Waals surface area contributed by atoms with Gasteiger partial charge in [-0.05, 0) is 18.2 Å². The lowest BCUT2D eigenvalue weighted by Gasteiger charge is -2.10. The molecule has 0 bridgehead atoms. The van der Waals surface area contributed by atoms with E-state index < -0.39 is 4.92 Å². The third kappa shape index (κ3) is 2.91. The highest BCUT2D eigenvalue weighted by molar-refractivity contribution is 6.35. The van der Waals surface area contributed by atoms with Crippen LogP contribution in [0, 0.1) is 10.1 Å². The van der Waals surface area contributed by atoms with Crippen LogP contribution < -0.4 is 5.56 Å². The predicted molar refractivity (Wildman–Crippen MR) is 88.2 cm³/mol. The van der Waals surface area contributed by atoms with E-state index in [9.17, 15) is 14.9 Å². The van der Waals surface area contributed by atoms with Gasteiger partial charge in [-0.1, -0.05) is 29.3 Å². The topological polar surface area (TPSA) is 78.0 Å². The third-order valence-corrected chi connectivity index (χ3v) is 4.12. The van der Waals surface area contributed by atoms with Crippen molar-refractivity contribution < 1.29 is 4.92 Å². The Labute approximate surface area is 140 Å². The van der Waals surface area contributed by atoms with Gasteiger partial charge >= 0.3 is 0 Å². The Morgan fingerprint density at radius 1 is 1.17 bits per heavy atom. The summed E-state index contributed by atoms with van der Waals surface area (Å²) in [5, 5.41) is 12.0. The van der Waals surface area contributed by atoms with Crippen molar-refractivity contribution in [3.8, 4) is 0 Å². The molecular formula is C15H9Cl2N3O3. The van der Waals surface area contributed by atoms with E-state index in [0.29, 0.717) is 21.0 Å². The highest BCUT2D eigenvalue weighted by Gasteiger charge is 2.12. The fourth-order valence-electron chi connectivity index (χ4n) is 2.23. The Morgan fingerprint density at radius 2 is 1.87 bits per heavy atom. The van der Waals surface area contributed by atoms with E-state index in [1.807, 2.05) is 0 Å². The van der Waals surface area contributed by atoms with Crippen LogP contribution in [0.4, 0.5) is 5.69 Å². The minimum Gasteiger partial charge on any atom is -0.294 e. The van der Waals surface area contributed by atoms with Gasteiger partial charge in [-0.3, -0.25) is 19.5 Å². The van der Waals surface area contributed by atoms with Crippen LogP contribution in [0.5, 0.6) is 0 Å². The molecule has 23 heavy (non-hydrogen) atoms. The first kappa shape index (κ1) is 15.5. The molecule has 0 fully saturated rings. The lowest BCUT2D eigenvalue weighted by Crippen LogP contribution is -2.21. The number of nitro benzene ring substituents is 1. The summed E-state index contributed by atoms with van der Waals surface area (Å²) in [6, 6.07) is 9.03. The maximum Gasteiger partial charge on any atom is 0.271 e. The van der Waals surface area contributed by atoms with Crippen LogP contribution in [-0.4, -0.2) is 14.5 Å². The average molecular weight is 350 g/mol. The SMILES string of the molecule is O=c1c2ccc([N+](=O)[O-])cc2ncn1Cc1c(Cl)cccc1Cl. The first-order valence-corrected chi connectivity index (χ1v) is 7.29. The van der Waals surface area contributed by atoms with Crippen LogP contribution >= 0.6 is 23.2 Å². The molecule has 0 spiro atoms. The van der Waals surface area contributed by atoms with E-state index in [1.165, 1.54) is 29.1 Å². The van der Waals surface area contributed by atoms with Gasteiger partial charge in [-0.2, -0.15) is 0 Å². The van der Waals surface area contributed by atoms with E-state index in [4.69, 9.17) is 23.2 Å². The second-order valence-corrected chi connectivity index (χ2v) is 5.65. The van der Waals surface area contributed by atoms with E-state index in [1.54, 1.807) is 18.2 Å². The van der Waals surface area contributed by atoms with Crippen molar-refractivity contribution in [2.45, 2.75) is 6.54 Å². The number of fused-ring (bicyclic) bond motifs is 1. The van der Waals surface area contributed by atoms with Crippen molar-refractivity contribution >= 4 is 39.8 Å². The Hall–Kier alpha value is -2.44. The fraction of sp³-hybridized carbons (Fsp3) is 0.0667. The van der Waals surface area contributed by atoms with Crippen molar-refractivity contribution in [2.24, 2.45) is 0 Å². The first-order valence-electron chi connectivity index (χ1n) is 6.54. The van der Waals surface area contributed by atoms with Crippen molar-refractivity contribution in [1.29, 1.82) is 0 Å². The van der Waals surface area contributed by atoms with Gasteiger partial charge in [0.25, 0.3) is 11.2 Å². The highest BCUT2D eigenvalue weighted by atomic mass is 35.5. The first-order chi connectivity index (χ1) is 11.0. The van der Waals surface area contributed by atoms with E-state index >= 15 is 0 Å². The summed E-state index contributed by atoms with van der Waals surface area (Å²) in [7, 11) is 0. The van der Waals surface area contributed by atoms with Crippen molar-refractivity contribution in [3.05, 3.63) is 78.8 Å². The summed E-state index contributed by atoms with van der Waals surface area (Å²) in [5.41, 5.74) is 0.448. The molecule has 2 aromatic carbocycles. The quantitative estimate of drug-likeness (QED) is 0.533. The number of nitro groups is 1. The number of non-ortho nitro benzene ring substituents is 1. The zero-order chi connectivity index (χ0) is 16.6. The summed E-state index contributed by atoms with van der Waals surface area (Å²) >= 11 is 12.2. The Morgan fingerprint density at radius 3 is 2.52 bits per heavy atom. The number of aromatic nitrogens is 2. The summed E-state index contributed by atoms with van der Waals surface area (Å²) in [5.74, 6) is 0. The molecule has 0 aliphatic carbocycles. The Bertz CT molecular complexity index is 965. The molecule has 6 nitrogen and oxygen atoms in total. The fourth-order valence-corrected chi connectivity index (χ4v) is 2.74. The minimum atomic E-state index is -0.532. The number of rotatable bonds is 3. The number of nitrogens with zero attached hydrogens (tertiary/aromatic N) is 3. The molecule has 0 unspecified atom stereocenters. The Balaban J connectivity index is 2.10. The van der Waals surface area contributed by atoms with Crippen LogP contribution in [0.25, 0.3) is 10.9 Å². The number of hydrogen-bond donors (Lipinski definition) is 0. The standard InChI is InChI=1S/C15H9Cl2N3O3/c16-12-2-1-3-13(17)11(12)7-19-8-18-14-6-9(20(22)23)4-5-10(14)15(19)21/h1-6,8H,7H2. The molecule has 0 N–H and O–H groups in total. The zero-order valence-electron chi connectivity index (χ0n) is 11.6. The molecule has 0 amide bonds. The molecule has 1 aromatic heterocycles. The van der Waals surface area contributed by atoms with Crippen molar-refractivity contribution in [2.75, 3.05) is 0 Å². The van der Waals surface area contributed by atoms with Gasteiger partial charge in [0.2, 0.25) is 0 Å². The largest absolute Gasteiger partial charge is 0.294 e. The maximum atomic E-state index is 12.5. The number of halogens is 2. The molecule has 0 saturated heterocycles. The van der Waals surface area contributed by atoms with Crippen LogP contribution in [0.15, 0.2) is 47.5 Å². The lowest BCUT2D eigenvalue weighted by molar-refractivity contribution is -0.384. The molecule has 0 aliphatic heterocycles. The van der Waals surface area contributed by atoms with Gasteiger partial charge in [-0.15, -0.1) is 0 Å². The second kappa shape index (κ2) is 5.98. The van der Waals surface area contributed by atoms with Gasteiger partial charge < -0.3 is 0 Å². The number of hydrogen-bond acceptors (Lipinski definition) is 4. The predicted octanol–water partition coefficient (Wildman–Crippen LogP) is 3.66. The molecule has 0 atom stereocenters. The molecule has 3 aromatic rings. The van der Waals surface area contributed by atoms with Gasteiger partial charge in [0.15, 0.2) is 0 Å². The Kier molecular flexibility index (Phi) is 4.02. The minimum absolute atomic E-state index is 0.115. The van der Waals surface area contributed by atoms with Gasteiger partial charge in [0.1, 0.15) is 0 Å². The van der Waals surface area contributed by atoms with Gasteiger partial charge in [0.05, 0.1) is 28.7 Å². The normalized spacial score (nSPS) is 10.9. The van der Waals surface area contributed by atoms with Crippen molar-refractivity contribution in [1.82, 2.24) is 9.55 Å². The molecule has 0 aliphatic rings. The molecule has 116 valence electrons. The van der Waals surface area contributed by atoms with Crippen LogP contribution in [0.1, 0.15) is 5.56 Å². The highest BCUT2D eigenvalue weighted by Crippen LogP contribution is 2.25. The smallest absolute Gasteiger partial charge is 0.271 e. The monoisotopic (exact) mass is 349 g/mol. The molecule has 1 heterocycles. The third-order valence-electron chi connectivity index (χ3n) is 3.41. The van der Waals surface area contributed by atoms with E-state index in [2.05, 4.69) is 4.98 Å². The molecular weight excluding hydrogens is 341 g/mol. The lowest BCUT2D eigenvalue weighted by atomic mass is 10.2. The van der Waals surface area contributed by atoms with Gasteiger partial charge in [-0.25, -0.2) is 4.98 Å². The summed E-state index contributed by atoms with van der Waals surface area (Å²) in [4.78, 5) is 26.9. The summed E-state index contributed by atoms with van der Waals surface area (Å²) in [6.45, 7) is 0.164. The molecule has 3 rings (SSSR count). The van der Waals surface area contributed by atoms with E-state index in [-0.39, 0.29) is 23.3 Å². The van der Waals surface area contributed by atoms with Crippen LogP contribution in [0.3, 0.4) is 0 Å². The van der Waals surface area contributed by atoms with Crippen molar-refractivity contribution in [3.63, 3.8) is 0 Å². The second-order valence-electron chi connectivity index (χ2n) is 4.84. The molecule has 0 radical (unpaired) electrons. The van der Waals surface area contributed by atoms with E-state index in [0.717, 1.165) is 0 Å². The number of benzene rings is 2. The summed E-state index contributed by atoms with van der Waals surface area (Å²) < 4.78 is 1.36. The average Bonchev–Trinajstić information content (AvgIpc) is 2.52. The maximum absolute atomic E-state index is 12.5. The molecule has 0 saturated carbocycles. The van der Waals surface area contributed by atoms with Gasteiger partial charge in [0, 0.05) is 27.7 Å². The molecule has 8 heteroatoms. The van der Waals surface area contributed by atoms with Crippen LogP contribution in [0.2, 0.25) is 10.0 Å².